The van der Waals surface area contributed by atoms with E-state index < -0.39 is 11.4 Å². The van der Waals surface area contributed by atoms with Gasteiger partial charge in [-0.1, -0.05) is 118 Å². The molecule has 0 amide bonds. The normalized spacial score (nSPS) is 14.6. The van der Waals surface area contributed by atoms with Gasteiger partial charge in [0.05, 0.1) is 5.41 Å². The quantitative estimate of drug-likeness (QED) is 0.262. The van der Waals surface area contributed by atoms with Gasteiger partial charge in [-0.15, -0.1) is 0 Å². The number of carbonyl (C=O) groups is 1. The second-order valence-corrected chi connectivity index (χ2v) is 9.54. The van der Waals surface area contributed by atoms with Crippen molar-refractivity contribution in [1.29, 1.82) is 0 Å². The SMILES string of the molecule is CCCCCCCCCCCCCCCC(C)(C)C(C)(C(=O)O)C(C)C. The standard InChI is InChI=1S/C24H48O2/c1-7-8-9-10-11-12-13-14-15-16-17-18-19-20-23(4,5)24(6,21(2)3)22(25)26/h21H,7-20H2,1-6H3,(H,25,26). The van der Waals surface area contributed by atoms with Gasteiger partial charge >= 0.3 is 5.97 Å². The number of aliphatic carboxylic acids is 1. The molecule has 0 aliphatic carbocycles. The molecule has 0 spiro atoms. The van der Waals surface area contributed by atoms with Crippen molar-refractivity contribution >= 4 is 5.97 Å². The lowest BCUT2D eigenvalue weighted by Gasteiger charge is -2.44. The largest absolute Gasteiger partial charge is 0.481 e. The van der Waals surface area contributed by atoms with Crippen molar-refractivity contribution in [2.24, 2.45) is 16.7 Å². The molecule has 0 aromatic carbocycles. The number of unbranched alkanes of at least 4 members (excludes halogenated alkanes) is 12. The van der Waals surface area contributed by atoms with Crippen LogP contribution in [0.4, 0.5) is 0 Å². The molecule has 0 saturated carbocycles. The molecule has 0 rings (SSSR count). The summed E-state index contributed by atoms with van der Waals surface area (Å²) in [6.45, 7) is 12.6. The van der Waals surface area contributed by atoms with Crippen molar-refractivity contribution < 1.29 is 9.90 Å². The molecule has 0 radical (unpaired) electrons. The van der Waals surface area contributed by atoms with Crippen molar-refractivity contribution in [3.63, 3.8) is 0 Å². The molecule has 1 atom stereocenters. The van der Waals surface area contributed by atoms with Crippen molar-refractivity contribution in [3.8, 4) is 0 Å². The first-order chi connectivity index (χ1) is 12.2. The maximum Gasteiger partial charge on any atom is 0.310 e. The van der Waals surface area contributed by atoms with Crippen LogP contribution in [0.25, 0.3) is 0 Å². The molecule has 26 heavy (non-hydrogen) atoms. The molecule has 0 heterocycles. The van der Waals surface area contributed by atoms with Crippen LogP contribution >= 0.6 is 0 Å². The highest BCUT2D eigenvalue weighted by Gasteiger charge is 2.48. The van der Waals surface area contributed by atoms with Crippen molar-refractivity contribution in [1.82, 2.24) is 0 Å². The Kier molecular flexibility index (Phi) is 13.3. The van der Waals surface area contributed by atoms with Gasteiger partial charge in [-0.3, -0.25) is 4.79 Å². The van der Waals surface area contributed by atoms with Crippen LogP contribution in [-0.2, 0) is 4.79 Å². The van der Waals surface area contributed by atoms with Crippen LogP contribution in [0.15, 0.2) is 0 Å². The number of hydrogen-bond acceptors (Lipinski definition) is 1. The summed E-state index contributed by atoms with van der Waals surface area (Å²) >= 11 is 0. The third-order valence-corrected chi connectivity index (χ3v) is 6.91. The summed E-state index contributed by atoms with van der Waals surface area (Å²) in [5.74, 6) is -0.496. The van der Waals surface area contributed by atoms with Crippen LogP contribution in [0, 0.1) is 16.7 Å². The first-order valence-corrected chi connectivity index (χ1v) is 11.4. The second-order valence-electron chi connectivity index (χ2n) is 9.54. The van der Waals surface area contributed by atoms with Gasteiger partial charge in [0.25, 0.3) is 0 Å². The zero-order valence-corrected chi connectivity index (χ0v) is 18.8. The van der Waals surface area contributed by atoms with E-state index in [2.05, 4.69) is 20.8 Å². The van der Waals surface area contributed by atoms with E-state index in [1.54, 1.807) is 0 Å². The molecule has 1 unspecified atom stereocenters. The minimum atomic E-state index is -0.649. The highest BCUT2D eigenvalue weighted by Crippen LogP contribution is 2.48. The lowest BCUT2D eigenvalue weighted by Crippen LogP contribution is -2.46. The number of rotatable bonds is 17. The molecule has 1 N–H and O–H groups in total. The van der Waals surface area contributed by atoms with E-state index in [1.165, 1.54) is 77.0 Å². The Morgan fingerprint density at radius 1 is 0.731 bits per heavy atom. The summed E-state index contributed by atoms with van der Waals surface area (Å²) in [6.07, 6.45) is 18.7. The predicted octanol–water partition coefficient (Wildman–Crippen LogP) is 8.24. The predicted molar refractivity (Wildman–Crippen MR) is 115 cm³/mol. The monoisotopic (exact) mass is 368 g/mol. The maximum absolute atomic E-state index is 11.8. The van der Waals surface area contributed by atoms with E-state index in [1.807, 2.05) is 20.8 Å². The van der Waals surface area contributed by atoms with E-state index in [0.29, 0.717) is 0 Å². The summed E-state index contributed by atoms with van der Waals surface area (Å²) in [7, 11) is 0. The Bertz CT molecular complexity index is 359. The first-order valence-electron chi connectivity index (χ1n) is 11.4. The number of carboxylic acids is 1. The second kappa shape index (κ2) is 13.6. The van der Waals surface area contributed by atoms with Crippen LogP contribution in [0.5, 0.6) is 0 Å². The molecule has 0 saturated heterocycles. The minimum absolute atomic E-state index is 0.150. The Morgan fingerprint density at radius 3 is 1.38 bits per heavy atom. The molecule has 2 nitrogen and oxygen atoms in total. The molecule has 0 aromatic rings. The van der Waals surface area contributed by atoms with E-state index in [0.717, 1.165) is 12.8 Å². The van der Waals surface area contributed by atoms with Gasteiger partial charge in [-0.25, -0.2) is 0 Å². The highest BCUT2D eigenvalue weighted by molar-refractivity contribution is 5.75. The molecule has 156 valence electrons. The summed E-state index contributed by atoms with van der Waals surface area (Å²) in [5, 5.41) is 9.74. The first kappa shape index (κ1) is 25.5. The summed E-state index contributed by atoms with van der Waals surface area (Å²) < 4.78 is 0. The zero-order chi connectivity index (χ0) is 20.1. The Morgan fingerprint density at radius 2 is 1.08 bits per heavy atom. The van der Waals surface area contributed by atoms with Gasteiger partial charge in [0.1, 0.15) is 0 Å². The van der Waals surface area contributed by atoms with Crippen LogP contribution in [-0.4, -0.2) is 11.1 Å². The lowest BCUT2D eigenvalue weighted by molar-refractivity contribution is -0.160. The van der Waals surface area contributed by atoms with Crippen LogP contribution < -0.4 is 0 Å². The third-order valence-electron chi connectivity index (χ3n) is 6.91. The molecule has 0 bridgehead atoms. The van der Waals surface area contributed by atoms with Crippen molar-refractivity contribution in [3.05, 3.63) is 0 Å². The molecular weight excluding hydrogens is 320 g/mol. The molecule has 0 aliphatic rings. The average Bonchev–Trinajstić information content (AvgIpc) is 2.57. The van der Waals surface area contributed by atoms with E-state index >= 15 is 0 Å². The summed E-state index contributed by atoms with van der Waals surface area (Å²) in [5.41, 5.74) is -0.811. The van der Waals surface area contributed by atoms with Gasteiger partial charge < -0.3 is 5.11 Å². The number of hydrogen-bond donors (Lipinski definition) is 1. The molecule has 0 aliphatic heterocycles. The smallest absolute Gasteiger partial charge is 0.310 e. The van der Waals surface area contributed by atoms with Gasteiger partial charge in [0, 0.05) is 0 Å². The van der Waals surface area contributed by atoms with Gasteiger partial charge in [0.15, 0.2) is 0 Å². The zero-order valence-electron chi connectivity index (χ0n) is 18.8. The Labute approximate surface area is 164 Å². The Balaban J connectivity index is 3.75. The average molecular weight is 369 g/mol. The topological polar surface area (TPSA) is 37.3 Å². The van der Waals surface area contributed by atoms with E-state index in [9.17, 15) is 9.90 Å². The molecule has 0 aromatic heterocycles. The summed E-state index contributed by atoms with van der Waals surface area (Å²) in [6, 6.07) is 0. The summed E-state index contributed by atoms with van der Waals surface area (Å²) in [4.78, 5) is 11.8. The van der Waals surface area contributed by atoms with Crippen molar-refractivity contribution in [2.45, 2.75) is 131 Å². The van der Waals surface area contributed by atoms with Gasteiger partial charge in [-0.05, 0) is 24.7 Å². The van der Waals surface area contributed by atoms with Crippen LogP contribution in [0.2, 0.25) is 0 Å². The fourth-order valence-electron chi connectivity index (χ4n) is 4.16. The van der Waals surface area contributed by atoms with Crippen molar-refractivity contribution in [2.75, 3.05) is 0 Å². The third kappa shape index (κ3) is 8.91. The van der Waals surface area contributed by atoms with Crippen LogP contribution in [0.1, 0.15) is 131 Å². The van der Waals surface area contributed by atoms with Gasteiger partial charge in [-0.2, -0.15) is 0 Å². The minimum Gasteiger partial charge on any atom is -0.481 e. The fourth-order valence-corrected chi connectivity index (χ4v) is 4.16. The van der Waals surface area contributed by atoms with Gasteiger partial charge in [0.2, 0.25) is 0 Å². The molecule has 2 heteroatoms. The fraction of sp³-hybridized carbons (Fsp3) is 0.958. The lowest BCUT2D eigenvalue weighted by atomic mass is 9.59. The molecular formula is C24H48O2. The molecule has 0 fully saturated rings. The van der Waals surface area contributed by atoms with E-state index in [-0.39, 0.29) is 11.3 Å². The Hall–Kier alpha value is -0.530. The van der Waals surface area contributed by atoms with Crippen LogP contribution in [0.3, 0.4) is 0 Å². The van der Waals surface area contributed by atoms with E-state index in [4.69, 9.17) is 0 Å². The maximum atomic E-state index is 11.8. The number of carboxylic acid groups (broad SMARTS) is 1. The highest BCUT2D eigenvalue weighted by atomic mass is 16.4.